The van der Waals surface area contributed by atoms with Gasteiger partial charge in [-0.3, -0.25) is 4.79 Å². The van der Waals surface area contributed by atoms with Gasteiger partial charge in [0.25, 0.3) is 5.88 Å². The van der Waals surface area contributed by atoms with Crippen molar-refractivity contribution < 1.29 is 23.8 Å². The third kappa shape index (κ3) is 3.60. The van der Waals surface area contributed by atoms with Gasteiger partial charge in [-0.2, -0.15) is 5.06 Å². The number of hydroxylamine groups is 2. The highest BCUT2D eigenvalue weighted by Crippen LogP contribution is 2.29. The summed E-state index contributed by atoms with van der Waals surface area (Å²) in [6.45, 7) is 0.379. The smallest absolute Gasteiger partial charge is 0.325 e. The number of fused-ring (bicyclic) bond motifs is 1. The van der Waals surface area contributed by atoms with Crippen molar-refractivity contribution in [3.63, 3.8) is 0 Å². The Bertz CT molecular complexity index is 788. The minimum Gasteiger partial charge on any atom is -0.497 e. The summed E-state index contributed by atoms with van der Waals surface area (Å²) in [5, 5.41) is 1.67. The van der Waals surface area contributed by atoms with Crippen molar-refractivity contribution >= 4 is 28.6 Å². The number of nitrogens with zero attached hydrogens (tertiary/aromatic N) is 3. The second-order valence-corrected chi connectivity index (χ2v) is 5.83. The maximum Gasteiger partial charge on any atom is 0.325 e. The lowest BCUT2D eigenvalue weighted by atomic mass is 10.2. The van der Waals surface area contributed by atoms with E-state index < -0.39 is 6.04 Å². The lowest BCUT2D eigenvalue weighted by Gasteiger charge is -2.18. The molecule has 0 radical (unpaired) electrons. The molecule has 1 aromatic carbocycles. The molecule has 1 aromatic heterocycles. The first-order chi connectivity index (χ1) is 12.0. The molecule has 25 heavy (non-hydrogen) atoms. The molecule has 1 saturated heterocycles. The van der Waals surface area contributed by atoms with E-state index in [2.05, 4.69) is 9.97 Å². The highest BCUT2D eigenvalue weighted by Gasteiger charge is 2.40. The third-order valence-corrected chi connectivity index (χ3v) is 4.25. The number of aromatic nitrogens is 2. The molecule has 134 valence electrons. The Kier molecular flexibility index (Phi) is 5.22. The first-order valence-electron chi connectivity index (χ1n) is 7.62. The van der Waals surface area contributed by atoms with E-state index in [1.807, 2.05) is 0 Å². The van der Waals surface area contributed by atoms with Crippen LogP contribution in [0.25, 0.3) is 11.0 Å². The second-order valence-electron chi connectivity index (χ2n) is 5.47. The Morgan fingerprint density at radius 2 is 2.04 bits per heavy atom. The molecule has 0 aliphatic carbocycles. The van der Waals surface area contributed by atoms with Crippen LogP contribution in [0.15, 0.2) is 18.2 Å². The van der Waals surface area contributed by atoms with E-state index in [0.29, 0.717) is 29.7 Å². The van der Waals surface area contributed by atoms with Crippen LogP contribution in [0.5, 0.6) is 11.6 Å². The number of methoxy groups -OCH3 is 2. The van der Waals surface area contributed by atoms with Gasteiger partial charge in [-0.15, -0.1) is 0 Å². The van der Waals surface area contributed by atoms with Crippen molar-refractivity contribution in [2.24, 2.45) is 0 Å². The molecule has 0 spiro atoms. The lowest BCUT2D eigenvalue weighted by Crippen LogP contribution is -2.36. The summed E-state index contributed by atoms with van der Waals surface area (Å²) in [4.78, 5) is 25.7. The molecule has 8 nitrogen and oxygen atoms in total. The van der Waals surface area contributed by atoms with Gasteiger partial charge in [0.1, 0.15) is 17.9 Å². The molecule has 0 bridgehead atoms. The van der Waals surface area contributed by atoms with E-state index in [1.165, 1.54) is 19.3 Å². The predicted octanol–water partition coefficient (Wildman–Crippen LogP) is 1.85. The topological polar surface area (TPSA) is 83.0 Å². The van der Waals surface area contributed by atoms with Crippen molar-refractivity contribution in [2.45, 2.75) is 18.6 Å². The van der Waals surface area contributed by atoms with E-state index >= 15 is 0 Å². The Labute approximate surface area is 149 Å². The minimum absolute atomic E-state index is 0.156. The number of carbonyl (C=O) groups is 1. The largest absolute Gasteiger partial charge is 0.497 e. The number of carbonyl (C=O) groups excluding carboxylic acids is 1. The van der Waals surface area contributed by atoms with Gasteiger partial charge in [0.15, 0.2) is 5.15 Å². The van der Waals surface area contributed by atoms with Gasteiger partial charge in [-0.05, 0) is 12.1 Å². The van der Waals surface area contributed by atoms with Gasteiger partial charge in [0.05, 0.1) is 38.9 Å². The Morgan fingerprint density at radius 1 is 1.24 bits per heavy atom. The molecule has 3 rings (SSSR count). The predicted molar refractivity (Wildman–Crippen MR) is 89.7 cm³/mol. The normalized spacial score (nSPS) is 20.6. The summed E-state index contributed by atoms with van der Waals surface area (Å²) in [6, 6.07) is 4.76. The average molecular weight is 368 g/mol. The zero-order valence-corrected chi connectivity index (χ0v) is 14.8. The fraction of sp³-hybridized carbons (Fsp3) is 0.438. The van der Waals surface area contributed by atoms with Crippen LogP contribution in [0, 0.1) is 0 Å². The van der Waals surface area contributed by atoms with E-state index in [1.54, 1.807) is 25.3 Å². The number of hydrogen-bond acceptors (Lipinski definition) is 8. The van der Waals surface area contributed by atoms with Gasteiger partial charge in [0, 0.05) is 12.5 Å². The molecular weight excluding hydrogens is 350 g/mol. The number of esters is 1. The number of ether oxygens (including phenoxy) is 3. The van der Waals surface area contributed by atoms with Gasteiger partial charge >= 0.3 is 5.97 Å². The van der Waals surface area contributed by atoms with E-state index in [0.717, 1.165) is 0 Å². The van der Waals surface area contributed by atoms with Crippen molar-refractivity contribution in [2.75, 3.05) is 27.9 Å². The van der Waals surface area contributed by atoms with Crippen LogP contribution in [-0.2, 0) is 14.4 Å². The fourth-order valence-electron chi connectivity index (χ4n) is 2.76. The SMILES string of the molecule is COC(=O)C1CC(Oc2nc3cc(OC)ccc3nc2Cl)CN1OC. The first-order valence-corrected chi connectivity index (χ1v) is 8.00. The standard InChI is InChI=1S/C16H18ClN3O5/c1-22-9-4-5-11-12(6-9)19-15(14(17)18-11)25-10-7-13(16(21)23-2)20(8-10)24-3/h4-6,10,13H,7-8H2,1-3H3. The molecule has 1 aliphatic rings. The number of benzene rings is 1. The van der Waals surface area contributed by atoms with Crippen LogP contribution in [0.3, 0.4) is 0 Å². The lowest BCUT2D eigenvalue weighted by molar-refractivity contribution is -0.176. The number of halogens is 1. The number of rotatable bonds is 5. The monoisotopic (exact) mass is 367 g/mol. The molecule has 0 amide bonds. The third-order valence-electron chi connectivity index (χ3n) is 4.00. The Morgan fingerprint density at radius 3 is 2.72 bits per heavy atom. The summed E-state index contributed by atoms with van der Waals surface area (Å²) < 4.78 is 15.8. The highest BCUT2D eigenvalue weighted by molar-refractivity contribution is 6.31. The van der Waals surface area contributed by atoms with Gasteiger partial charge < -0.3 is 19.0 Å². The first kappa shape index (κ1) is 17.7. The second kappa shape index (κ2) is 7.38. The molecule has 1 aliphatic heterocycles. The molecule has 0 N–H and O–H groups in total. The van der Waals surface area contributed by atoms with Gasteiger partial charge in [-0.25, -0.2) is 9.97 Å². The van der Waals surface area contributed by atoms with Crippen molar-refractivity contribution in [3.8, 4) is 11.6 Å². The molecule has 2 unspecified atom stereocenters. The maximum absolute atomic E-state index is 11.8. The molecule has 2 aromatic rings. The van der Waals surface area contributed by atoms with Crippen molar-refractivity contribution in [1.29, 1.82) is 0 Å². The zero-order valence-electron chi connectivity index (χ0n) is 14.1. The molecule has 0 saturated carbocycles. The van der Waals surface area contributed by atoms with E-state index in [-0.39, 0.29) is 23.1 Å². The molecule has 2 heterocycles. The van der Waals surface area contributed by atoms with Crippen molar-refractivity contribution in [3.05, 3.63) is 23.4 Å². The Balaban J connectivity index is 1.82. The van der Waals surface area contributed by atoms with Crippen molar-refractivity contribution in [1.82, 2.24) is 15.0 Å². The van der Waals surface area contributed by atoms with Crippen LogP contribution in [0.1, 0.15) is 6.42 Å². The maximum atomic E-state index is 11.8. The van der Waals surface area contributed by atoms with E-state index in [4.69, 9.17) is 30.6 Å². The summed E-state index contributed by atoms with van der Waals surface area (Å²) in [5.74, 6) is 0.481. The van der Waals surface area contributed by atoms with Gasteiger partial charge in [-0.1, -0.05) is 11.6 Å². The zero-order chi connectivity index (χ0) is 18.0. The van der Waals surface area contributed by atoms with Crippen LogP contribution in [0.2, 0.25) is 5.15 Å². The van der Waals surface area contributed by atoms with Crippen LogP contribution in [-0.4, -0.2) is 61.0 Å². The Hall–Kier alpha value is -2.16. The molecule has 9 heteroatoms. The molecule has 2 atom stereocenters. The number of hydrogen-bond donors (Lipinski definition) is 0. The quantitative estimate of drug-likeness (QED) is 0.740. The van der Waals surface area contributed by atoms with Gasteiger partial charge in [0.2, 0.25) is 0 Å². The molecular formula is C16H18ClN3O5. The average Bonchev–Trinajstić information content (AvgIpc) is 3.04. The molecule has 1 fully saturated rings. The highest BCUT2D eigenvalue weighted by atomic mass is 35.5. The minimum atomic E-state index is -0.535. The van der Waals surface area contributed by atoms with Crippen LogP contribution >= 0.6 is 11.6 Å². The fourth-order valence-corrected chi connectivity index (χ4v) is 2.94. The summed E-state index contributed by atoms with van der Waals surface area (Å²) >= 11 is 6.19. The summed E-state index contributed by atoms with van der Waals surface area (Å²) in [7, 11) is 4.41. The van der Waals surface area contributed by atoms with Crippen LogP contribution in [0.4, 0.5) is 0 Å². The van der Waals surface area contributed by atoms with E-state index in [9.17, 15) is 4.79 Å². The summed E-state index contributed by atoms with van der Waals surface area (Å²) in [5.41, 5.74) is 1.24. The summed E-state index contributed by atoms with van der Waals surface area (Å²) in [6.07, 6.45) is 0.0631. The van der Waals surface area contributed by atoms with Crippen LogP contribution < -0.4 is 9.47 Å².